The molecule has 0 aliphatic heterocycles. The Morgan fingerprint density at radius 2 is 1.59 bits per heavy atom. The molecule has 0 fully saturated rings. The highest BCUT2D eigenvalue weighted by Crippen LogP contribution is 2.36. The van der Waals surface area contributed by atoms with Gasteiger partial charge in [0.25, 0.3) is 0 Å². The van der Waals surface area contributed by atoms with Gasteiger partial charge < -0.3 is 10.2 Å². The van der Waals surface area contributed by atoms with Crippen LogP contribution in [0, 0.1) is 10.1 Å². The lowest BCUT2D eigenvalue weighted by Crippen LogP contribution is -2.38. The average Bonchev–Trinajstić information content (AvgIpc) is 2.74. The quantitative estimate of drug-likeness (QED) is 0.317. The summed E-state index contributed by atoms with van der Waals surface area (Å²) in [4.78, 5) is 14.9. The van der Waals surface area contributed by atoms with Crippen molar-refractivity contribution in [2.45, 2.75) is 18.6 Å². The second kappa shape index (κ2) is 8.55. The standard InChI is InChI=1S/C22H19BrN2O4/c1-15(24-14-16-12-19(23)13-20(21(16)26)25(28)29)22(27,17-8-4-2-5-9-17)18-10-6-3-7-11-18/h2-15,26-27H,1H3. The van der Waals surface area contributed by atoms with E-state index in [1.165, 1.54) is 18.3 Å². The van der Waals surface area contributed by atoms with Crippen molar-refractivity contribution in [1.82, 2.24) is 0 Å². The van der Waals surface area contributed by atoms with Crippen molar-refractivity contribution in [2.24, 2.45) is 4.99 Å². The number of nitro groups is 1. The number of hydrogen-bond donors (Lipinski definition) is 2. The molecule has 3 rings (SSSR count). The van der Waals surface area contributed by atoms with E-state index in [2.05, 4.69) is 20.9 Å². The zero-order valence-electron chi connectivity index (χ0n) is 15.6. The van der Waals surface area contributed by atoms with E-state index in [1.54, 1.807) is 6.92 Å². The molecule has 7 heteroatoms. The Labute approximate surface area is 176 Å². The van der Waals surface area contributed by atoms with Crippen molar-refractivity contribution in [3.8, 4) is 5.75 Å². The number of nitrogens with zero attached hydrogens (tertiary/aromatic N) is 2. The molecule has 29 heavy (non-hydrogen) atoms. The van der Waals surface area contributed by atoms with Gasteiger partial charge in [-0.2, -0.15) is 0 Å². The Kier molecular flexibility index (Phi) is 6.10. The van der Waals surface area contributed by atoms with Gasteiger partial charge in [0.15, 0.2) is 0 Å². The van der Waals surface area contributed by atoms with Crippen molar-refractivity contribution in [1.29, 1.82) is 0 Å². The Morgan fingerprint density at radius 1 is 1.07 bits per heavy atom. The number of nitro benzene ring substituents is 1. The van der Waals surface area contributed by atoms with Gasteiger partial charge in [-0.1, -0.05) is 76.6 Å². The summed E-state index contributed by atoms with van der Waals surface area (Å²) >= 11 is 3.21. The molecule has 0 saturated heterocycles. The second-order valence-electron chi connectivity index (χ2n) is 6.57. The van der Waals surface area contributed by atoms with Crippen LogP contribution in [-0.4, -0.2) is 27.4 Å². The lowest BCUT2D eigenvalue weighted by atomic mass is 9.81. The lowest BCUT2D eigenvalue weighted by Gasteiger charge is -2.33. The Hall–Kier alpha value is -3.03. The van der Waals surface area contributed by atoms with Gasteiger partial charge in [0.05, 0.1) is 11.0 Å². The molecule has 0 spiro atoms. The van der Waals surface area contributed by atoms with Gasteiger partial charge in [-0.25, -0.2) is 0 Å². The maximum atomic E-state index is 11.7. The van der Waals surface area contributed by atoms with Crippen LogP contribution in [0.2, 0.25) is 0 Å². The number of hydrogen-bond acceptors (Lipinski definition) is 5. The number of phenolic OH excluding ortho intramolecular Hbond substituents is 1. The smallest absolute Gasteiger partial charge is 0.312 e. The van der Waals surface area contributed by atoms with Crippen molar-refractivity contribution >= 4 is 27.8 Å². The van der Waals surface area contributed by atoms with Gasteiger partial charge in [0, 0.05) is 22.3 Å². The highest BCUT2D eigenvalue weighted by Gasteiger charge is 2.37. The fourth-order valence-electron chi connectivity index (χ4n) is 3.18. The van der Waals surface area contributed by atoms with Crippen molar-refractivity contribution in [3.05, 3.63) is 104 Å². The fraction of sp³-hybridized carbons (Fsp3) is 0.136. The molecule has 0 bridgehead atoms. The molecule has 0 radical (unpaired) electrons. The zero-order valence-corrected chi connectivity index (χ0v) is 17.2. The van der Waals surface area contributed by atoms with Crippen molar-refractivity contribution in [2.75, 3.05) is 0 Å². The summed E-state index contributed by atoms with van der Waals surface area (Å²) in [5, 5.41) is 33.0. The summed E-state index contributed by atoms with van der Waals surface area (Å²) in [6.45, 7) is 1.75. The van der Waals surface area contributed by atoms with Crippen LogP contribution in [0.1, 0.15) is 23.6 Å². The van der Waals surface area contributed by atoms with Gasteiger partial charge >= 0.3 is 5.69 Å². The van der Waals surface area contributed by atoms with Gasteiger partial charge in [0.1, 0.15) is 5.60 Å². The summed E-state index contributed by atoms with van der Waals surface area (Å²) in [6, 6.07) is 20.5. The van der Waals surface area contributed by atoms with E-state index in [0.29, 0.717) is 15.6 Å². The summed E-state index contributed by atoms with van der Waals surface area (Å²) in [7, 11) is 0. The maximum absolute atomic E-state index is 11.7. The third kappa shape index (κ3) is 4.21. The molecular formula is C22H19BrN2O4. The van der Waals surface area contributed by atoms with Crippen LogP contribution < -0.4 is 0 Å². The second-order valence-corrected chi connectivity index (χ2v) is 7.49. The molecule has 0 amide bonds. The molecule has 1 atom stereocenters. The molecule has 3 aromatic carbocycles. The summed E-state index contributed by atoms with van der Waals surface area (Å²) in [5.41, 5.74) is -0.330. The number of halogens is 1. The van der Waals surface area contributed by atoms with E-state index >= 15 is 0 Å². The molecule has 0 saturated carbocycles. The predicted octanol–water partition coefficient (Wildman–Crippen LogP) is 4.81. The number of phenols is 1. The Morgan fingerprint density at radius 3 is 2.07 bits per heavy atom. The number of benzene rings is 3. The SMILES string of the molecule is CC(N=Cc1cc(Br)cc([N+](=O)[O-])c1O)C(O)(c1ccccc1)c1ccccc1. The zero-order chi connectivity index (χ0) is 21.0. The number of rotatable bonds is 6. The highest BCUT2D eigenvalue weighted by molar-refractivity contribution is 9.10. The first-order chi connectivity index (χ1) is 13.8. The monoisotopic (exact) mass is 454 g/mol. The van der Waals surface area contributed by atoms with Crippen molar-refractivity contribution in [3.63, 3.8) is 0 Å². The minimum Gasteiger partial charge on any atom is -0.502 e. The van der Waals surface area contributed by atoms with E-state index in [0.717, 1.165) is 0 Å². The van der Waals surface area contributed by atoms with E-state index in [9.17, 15) is 20.3 Å². The molecular weight excluding hydrogens is 436 g/mol. The number of aliphatic hydroxyl groups is 1. The number of aromatic hydroxyl groups is 1. The summed E-state index contributed by atoms with van der Waals surface area (Å²) in [6.07, 6.45) is 1.34. The first-order valence-corrected chi connectivity index (χ1v) is 9.67. The van der Waals surface area contributed by atoms with Crippen LogP contribution in [0.15, 0.2) is 82.3 Å². The van der Waals surface area contributed by atoms with Crippen LogP contribution in [-0.2, 0) is 5.60 Å². The molecule has 0 heterocycles. The van der Waals surface area contributed by atoms with E-state index in [1.807, 2.05) is 60.7 Å². The summed E-state index contributed by atoms with van der Waals surface area (Å²) in [5.74, 6) is -0.475. The number of aliphatic imine (C=N–C) groups is 1. The summed E-state index contributed by atoms with van der Waals surface area (Å²) < 4.78 is 0.442. The first kappa shape index (κ1) is 20.7. The van der Waals surface area contributed by atoms with Crippen LogP contribution in [0.3, 0.4) is 0 Å². The van der Waals surface area contributed by atoms with Crippen LogP contribution in [0.5, 0.6) is 5.75 Å². The van der Waals surface area contributed by atoms with Crippen molar-refractivity contribution < 1.29 is 15.1 Å². The highest BCUT2D eigenvalue weighted by atomic mass is 79.9. The van der Waals surface area contributed by atoms with Crippen LogP contribution >= 0.6 is 15.9 Å². The average molecular weight is 455 g/mol. The van der Waals surface area contributed by atoms with Gasteiger partial charge in [0.2, 0.25) is 5.75 Å². The van der Waals surface area contributed by atoms with Gasteiger partial charge in [-0.05, 0) is 24.1 Å². The molecule has 3 aromatic rings. The lowest BCUT2D eigenvalue weighted by molar-refractivity contribution is -0.385. The minimum atomic E-state index is -1.42. The molecule has 2 N–H and O–H groups in total. The third-order valence-electron chi connectivity index (χ3n) is 4.75. The third-order valence-corrected chi connectivity index (χ3v) is 5.21. The molecule has 148 valence electrons. The van der Waals surface area contributed by atoms with Gasteiger partial charge in [-0.3, -0.25) is 15.1 Å². The largest absolute Gasteiger partial charge is 0.502 e. The predicted molar refractivity (Wildman–Crippen MR) is 115 cm³/mol. The van der Waals surface area contributed by atoms with Gasteiger partial charge in [-0.15, -0.1) is 0 Å². The first-order valence-electron chi connectivity index (χ1n) is 8.87. The van der Waals surface area contributed by atoms with Crippen LogP contribution in [0.25, 0.3) is 0 Å². The van der Waals surface area contributed by atoms with E-state index in [4.69, 9.17) is 0 Å². The molecule has 6 nitrogen and oxygen atoms in total. The van der Waals surface area contributed by atoms with Crippen LogP contribution in [0.4, 0.5) is 5.69 Å². The molecule has 1 unspecified atom stereocenters. The van der Waals surface area contributed by atoms with E-state index < -0.39 is 28.0 Å². The normalized spacial score (nSPS) is 12.8. The topological polar surface area (TPSA) is 96.0 Å². The maximum Gasteiger partial charge on any atom is 0.312 e. The molecule has 0 aromatic heterocycles. The fourth-order valence-corrected chi connectivity index (χ4v) is 3.64. The Balaban J connectivity index is 2.05. The minimum absolute atomic E-state index is 0.182. The molecule has 0 aliphatic carbocycles. The van der Waals surface area contributed by atoms with E-state index in [-0.39, 0.29) is 5.56 Å². The molecule has 0 aliphatic rings. The Bertz CT molecular complexity index is 1000.